The molecule has 0 bridgehead atoms. The number of aromatic amines is 1. The van der Waals surface area contributed by atoms with Crippen molar-refractivity contribution in [3.63, 3.8) is 0 Å². The number of hydrogen-bond acceptors (Lipinski definition) is 6. The Labute approximate surface area is 147 Å². The summed E-state index contributed by atoms with van der Waals surface area (Å²) in [5, 5.41) is 8.96. The van der Waals surface area contributed by atoms with Gasteiger partial charge in [0.25, 0.3) is 5.91 Å². The maximum atomic E-state index is 12.1. The van der Waals surface area contributed by atoms with Crippen molar-refractivity contribution in [2.75, 3.05) is 5.32 Å². The van der Waals surface area contributed by atoms with Crippen LogP contribution >= 0.6 is 11.3 Å². The number of thiazole rings is 1. The molecule has 0 fully saturated rings. The molecule has 0 unspecified atom stereocenters. The van der Waals surface area contributed by atoms with E-state index in [0.717, 1.165) is 22.6 Å². The number of rotatable bonds is 6. The number of hydrogen-bond donors (Lipinski definition) is 3. The molecule has 9 heteroatoms. The van der Waals surface area contributed by atoms with Crippen LogP contribution in [0.3, 0.4) is 0 Å². The van der Waals surface area contributed by atoms with Crippen LogP contribution in [0.15, 0.2) is 22.2 Å². The van der Waals surface area contributed by atoms with E-state index >= 15 is 0 Å². The highest BCUT2D eigenvalue weighted by Crippen LogP contribution is 2.25. The summed E-state index contributed by atoms with van der Waals surface area (Å²) >= 11 is 1.32. The first kappa shape index (κ1) is 16.9. The summed E-state index contributed by atoms with van der Waals surface area (Å²) in [7, 11) is 0. The molecular formula is C16H17N5O3S. The quantitative estimate of drug-likeness (QED) is 0.623. The molecule has 0 spiro atoms. The molecule has 8 nitrogen and oxygen atoms in total. The summed E-state index contributed by atoms with van der Waals surface area (Å²) < 4.78 is 5.09. The van der Waals surface area contributed by atoms with Crippen LogP contribution in [0.2, 0.25) is 0 Å². The molecule has 0 aliphatic rings. The predicted molar refractivity (Wildman–Crippen MR) is 93.3 cm³/mol. The lowest BCUT2D eigenvalue weighted by atomic mass is 10.1. The van der Waals surface area contributed by atoms with Gasteiger partial charge in [0, 0.05) is 29.1 Å². The highest BCUT2D eigenvalue weighted by Gasteiger charge is 2.13. The van der Waals surface area contributed by atoms with Crippen LogP contribution < -0.4 is 11.1 Å². The molecule has 0 saturated carbocycles. The number of aryl methyl sites for hydroxylation is 2. The van der Waals surface area contributed by atoms with Gasteiger partial charge in [0.15, 0.2) is 5.13 Å². The molecule has 2 amide bonds. The molecular weight excluding hydrogens is 342 g/mol. The maximum Gasteiger partial charge on any atom is 0.265 e. The van der Waals surface area contributed by atoms with Crippen molar-refractivity contribution >= 4 is 28.3 Å². The minimum absolute atomic E-state index is 0.132. The third-order valence-corrected chi connectivity index (χ3v) is 4.54. The smallest absolute Gasteiger partial charge is 0.265 e. The number of anilines is 1. The van der Waals surface area contributed by atoms with Crippen molar-refractivity contribution < 1.29 is 14.1 Å². The summed E-state index contributed by atoms with van der Waals surface area (Å²) in [6, 6.07) is 1.63. The highest BCUT2D eigenvalue weighted by atomic mass is 32.1. The second kappa shape index (κ2) is 6.89. The van der Waals surface area contributed by atoms with Gasteiger partial charge in [-0.3, -0.25) is 9.59 Å². The SMILES string of the molecule is Cc1noc(C)c1CCC(=O)Nc1nc(-c2c[nH]c(C(N)=O)c2)cs1. The molecule has 130 valence electrons. The second-order valence-electron chi connectivity index (χ2n) is 5.56. The van der Waals surface area contributed by atoms with E-state index < -0.39 is 5.91 Å². The number of aromatic nitrogens is 3. The fourth-order valence-corrected chi connectivity index (χ4v) is 3.16. The third-order valence-electron chi connectivity index (χ3n) is 3.78. The van der Waals surface area contributed by atoms with E-state index in [1.54, 1.807) is 17.6 Å². The zero-order chi connectivity index (χ0) is 18.0. The molecule has 25 heavy (non-hydrogen) atoms. The van der Waals surface area contributed by atoms with Crippen LogP contribution in [0.4, 0.5) is 5.13 Å². The van der Waals surface area contributed by atoms with Gasteiger partial charge in [-0.05, 0) is 26.3 Å². The van der Waals surface area contributed by atoms with Crippen molar-refractivity contribution in [2.24, 2.45) is 5.73 Å². The summed E-state index contributed by atoms with van der Waals surface area (Å²) in [4.78, 5) is 30.4. The Kier molecular flexibility index (Phi) is 4.66. The van der Waals surface area contributed by atoms with Gasteiger partial charge in [0.05, 0.1) is 11.4 Å². The molecule has 0 aliphatic heterocycles. The third kappa shape index (κ3) is 3.77. The molecule has 0 aliphatic carbocycles. The van der Waals surface area contributed by atoms with Gasteiger partial charge in [-0.1, -0.05) is 5.16 Å². The molecule has 3 heterocycles. The molecule has 0 radical (unpaired) electrons. The van der Waals surface area contributed by atoms with Crippen LogP contribution in [0.1, 0.15) is 33.9 Å². The molecule has 0 aromatic carbocycles. The Morgan fingerprint density at radius 2 is 2.20 bits per heavy atom. The predicted octanol–water partition coefficient (Wildman–Crippen LogP) is 2.41. The fourth-order valence-electron chi connectivity index (χ4n) is 2.43. The van der Waals surface area contributed by atoms with Gasteiger partial charge < -0.3 is 20.6 Å². The van der Waals surface area contributed by atoms with Crippen LogP contribution in [-0.4, -0.2) is 26.9 Å². The van der Waals surface area contributed by atoms with Crippen molar-refractivity contribution in [2.45, 2.75) is 26.7 Å². The van der Waals surface area contributed by atoms with Crippen LogP contribution in [0.5, 0.6) is 0 Å². The molecule has 3 aromatic heterocycles. The zero-order valence-corrected chi connectivity index (χ0v) is 14.6. The highest BCUT2D eigenvalue weighted by molar-refractivity contribution is 7.14. The Balaban J connectivity index is 1.60. The van der Waals surface area contributed by atoms with Gasteiger partial charge in [-0.15, -0.1) is 11.3 Å². The Bertz CT molecular complexity index is 905. The molecule has 0 atom stereocenters. The van der Waals surface area contributed by atoms with E-state index in [2.05, 4.69) is 20.4 Å². The lowest BCUT2D eigenvalue weighted by molar-refractivity contribution is -0.116. The van der Waals surface area contributed by atoms with E-state index in [1.165, 1.54) is 11.3 Å². The molecule has 0 saturated heterocycles. The topological polar surface area (TPSA) is 127 Å². The first-order valence-electron chi connectivity index (χ1n) is 7.59. The molecule has 3 rings (SSSR count). The summed E-state index contributed by atoms with van der Waals surface area (Å²) in [5.74, 6) is 0.0710. The number of H-pyrrole nitrogens is 1. The number of nitrogens with two attached hydrogens (primary N) is 1. The molecule has 4 N–H and O–H groups in total. The summed E-state index contributed by atoms with van der Waals surface area (Å²) in [6.45, 7) is 3.69. The number of carbonyl (C=O) groups excluding carboxylic acids is 2. The van der Waals surface area contributed by atoms with Crippen molar-refractivity contribution in [1.82, 2.24) is 15.1 Å². The lowest BCUT2D eigenvalue weighted by Crippen LogP contribution is -2.12. The van der Waals surface area contributed by atoms with Gasteiger partial charge in [0.2, 0.25) is 5.91 Å². The van der Waals surface area contributed by atoms with Crippen LogP contribution in [-0.2, 0) is 11.2 Å². The van der Waals surface area contributed by atoms with Gasteiger partial charge in [-0.2, -0.15) is 0 Å². The van der Waals surface area contributed by atoms with Gasteiger partial charge in [0.1, 0.15) is 11.5 Å². The van der Waals surface area contributed by atoms with Crippen LogP contribution in [0.25, 0.3) is 11.3 Å². The largest absolute Gasteiger partial charge is 0.364 e. The summed E-state index contributed by atoms with van der Waals surface area (Å²) in [5.41, 5.74) is 8.69. The van der Waals surface area contributed by atoms with Crippen LogP contribution in [0, 0.1) is 13.8 Å². The Morgan fingerprint density at radius 3 is 2.84 bits per heavy atom. The maximum absolute atomic E-state index is 12.1. The standard InChI is InChI=1S/C16H17N5O3S/c1-8-11(9(2)24-21-8)3-4-14(22)20-16-19-13(7-25-16)10-5-12(15(17)23)18-6-10/h5-7,18H,3-4H2,1-2H3,(H2,17,23)(H,19,20,22). The van der Waals surface area contributed by atoms with E-state index in [-0.39, 0.29) is 5.91 Å². The number of nitrogens with one attached hydrogen (secondary N) is 2. The number of primary amides is 1. The lowest BCUT2D eigenvalue weighted by Gasteiger charge is -2.01. The fraction of sp³-hybridized carbons (Fsp3) is 0.250. The average molecular weight is 359 g/mol. The van der Waals surface area contributed by atoms with Gasteiger partial charge in [-0.25, -0.2) is 4.98 Å². The molecule has 3 aromatic rings. The number of nitrogens with zero attached hydrogens (tertiary/aromatic N) is 2. The number of amides is 2. The summed E-state index contributed by atoms with van der Waals surface area (Å²) in [6.07, 6.45) is 2.52. The van der Waals surface area contributed by atoms with Gasteiger partial charge >= 0.3 is 0 Å². The van der Waals surface area contributed by atoms with E-state index in [0.29, 0.717) is 29.4 Å². The average Bonchev–Trinajstić information content (AvgIpc) is 3.27. The van der Waals surface area contributed by atoms with E-state index in [9.17, 15) is 9.59 Å². The Morgan fingerprint density at radius 1 is 1.40 bits per heavy atom. The first-order chi connectivity index (χ1) is 11.9. The monoisotopic (exact) mass is 359 g/mol. The Hall–Kier alpha value is -2.94. The van der Waals surface area contributed by atoms with E-state index in [4.69, 9.17) is 10.3 Å². The van der Waals surface area contributed by atoms with Crippen molar-refractivity contribution in [1.29, 1.82) is 0 Å². The zero-order valence-electron chi connectivity index (χ0n) is 13.8. The van der Waals surface area contributed by atoms with Crippen molar-refractivity contribution in [3.8, 4) is 11.3 Å². The minimum atomic E-state index is -0.533. The minimum Gasteiger partial charge on any atom is -0.364 e. The normalized spacial score (nSPS) is 10.8. The second-order valence-corrected chi connectivity index (χ2v) is 6.41. The van der Waals surface area contributed by atoms with Crippen molar-refractivity contribution in [3.05, 3.63) is 40.4 Å². The van der Waals surface area contributed by atoms with E-state index in [1.807, 2.05) is 13.8 Å². The first-order valence-corrected chi connectivity index (χ1v) is 8.47. The number of carbonyl (C=O) groups is 2.